The number of methoxy groups -OCH3 is 1. The Labute approximate surface area is 180 Å². The molecule has 1 amide bonds. The van der Waals surface area contributed by atoms with Crippen molar-refractivity contribution in [3.63, 3.8) is 0 Å². The topological polar surface area (TPSA) is 106 Å². The summed E-state index contributed by atoms with van der Waals surface area (Å²) in [6, 6.07) is 11.6. The van der Waals surface area contributed by atoms with E-state index in [0.29, 0.717) is 29.0 Å². The Bertz CT molecular complexity index is 1070. The molecule has 160 valence electrons. The summed E-state index contributed by atoms with van der Waals surface area (Å²) in [6.07, 6.45) is 3.63. The highest BCUT2D eigenvalue weighted by molar-refractivity contribution is 6.01. The molecule has 0 aliphatic carbocycles. The van der Waals surface area contributed by atoms with Crippen LogP contribution in [0.3, 0.4) is 0 Å². The summed E-state index contributed by atoms with van der Waals surface area (Å²) in [6.45, 7) is 3.86. The second-order valence-electron chi connectivity index (χ2n) is 6.79. The predicted molar refractivity (Wildman–Crippen MR) is 117 cm³/mol. The molecule has 8 nitrogen and oxygen atoms in total. The number of nitriles is 1. The van der Waals surface area contributed by atoms with Crippen LogP contribution in [-0.2, 0) is 17.8 Å². The molecule has 0 N–H and O–H groups in total. The summed E-state index contributed by atoms with van der Waals surface area (Å²) in [5, 5.41) is 20.3. The van der Waals surface area contributed by atoms with Crippen molar-refractivity contribution in [2.75, 3.05) is 21.2 Å². The van der Waals surface area contributed by atoms with E-state index < -0.39 is 10.8 Å². The first-order valence-corrected chi connectivity index (χ1v) is 9.32. The summed E-state index contributed by atoms with van der Waals surface area (Å²) < 4.78 is 11.4. The molecule has 0 radical (unpaired) electrons. The van der Waals surface area contributed by atoms with Crippen molar-refractivity contribution in [1.29, 1.82) is 5.26 Å². The van der Waals surface area contributed by atoms with Crippen LogP contribution in [0.2, 0.25) is 0 Å². The van der Waals surface area contributed by atoms with Crippen molar-refractivity contribution in [3.05, 3.63) is 81.4 Å². The van der Waals surface area contributed by atoms with Gasteiger partial charge in [0.1, 0.15) is 18.2 Å². The largest absolute Gasteiger partial charge is 0.493 e. The van der Waals surface area contributed by atoms with Crippen LogP contribution in [0.4, 0.5) is 5.69 Å². The van der Waals surface area contributed by atoms with Gasteiger partial charge in [-0.25, -0.2) is 0 Å². The molecule has 0 fully saturated rings. The van der Waals surface area contributed by atoms with Gasteiger partial charge in [-0.3, -0.25) is 14.9 Å². The third-order valence-electron chi connectivity index (χ3n) is 4.31. The number of rotatable bonds is 9. The van der Waals surface area contributed by atoms with Gasteiger partial charge in [0, 0.05) is 31.8 Å². The van der Waals surface area contributed by atoms with Crippen molar-refractivity contribution in [2.24, 2.45) is 0 Å². The molecule has 0 aromatic heterocycles. The number of amides is 1. The first kappa shape index (κ1) is 23.2. The van der Waals surface area contributed by atoms with Gasteiger partial charge in [0.15, 0.2) is 11.5 Å². The van der Waals surface area contributed by atoms with Crippen molar-refractivity contribution in [3.8, 4) is 17.6 Å². The van der Waals surface area contributed by atoms with E-state index in [4.69, 9.17) is 9.47 Å². The average Bonchev–Trinajstić information content (AvgIpc) is 2.76. The van der Waals surface area contributed by atoms with Gasteiger partial charge in [-0.05, 0) is 35.8 Å². The zero-order valence-corrected chi connectivity index (χ0v) is 17.6. The molecule has 31 heavy (non-hydrogen) atoms. The van der Waals surface area contributed by atoms with Gasteiger partial charge in [-0.1, -0.05) is 18.2 Å². The molecule has 0 saturated heterocycles. The number of hydrogen-bond donors (Lipinski definition) is 0. The lowest BCUT2D eigenvalue weighted by atomic mass is 10.0. The Hall–Kier alpha value is -4.12. The van der Waals surface area contributed by atoms with Gasteiger partial charge in [-0.2, -0.15) is 5.26 Å². The maximum Gasteiger partial charge on any atom is 0.269 e. The minimum absolute atomic E-state index is 0.0122. The summed E-state index contributed by atoms with van der Waals surface area (Å²) in [5.41, 5.74) is 1.94. The number of ether oxygens (including phenoxy) is 2. The summed E-state index contributed by atoms with van der Waals surface area (Å²) in [4.78, 5) is 24.0. The number of allylic oxidation sites excluding steroid dienone is 1. The van der Waals surface area contributed by atoms with E-state index in [-0.39, 0.29) is 17.9 Å². The summed E-state index contributed by atoms with van der Waals surface area (Å²) >= 11 is 0. The lowest BCUT2D eigenvalue weighted by Crippen LogP contribution is -2.22. The van der Waals surface area contributed by atoms with Crippen LogP contribution in [-0.4, -0.2) is 36.9 Å². The van der Waals surface area contributed by atoms with E-state index in [0.717, 1.165) is 5.56 Å². The summed E-state index contributed by atoms with van der Waals surface area (Å²) in [7, 11) is 4.63. The fraction of sp³-hybridized carbons (Fsp3) is 0.217. The maximum atomic E-state index is 12.2. The van der Waals surface area contributed by atoms with Crippen molar-refractivity contribution in [1.82, 2.24) is 4.90 Å². The fourth-order valence-electron chi connectivity index (χ4n) is 2.85. The number of nitro benzene ring substituents is 1. The number of carbonyl (C=O) groups excluding carboxylic acids is 1. The van der Waals surface area contributed by atoms with E-state index in [1.807, 2.05) is 6.07 Å². The lowest BCUT2D eigenvalue weighted by molar-refractivity contribution is -0.384. The Balaban J connectivity index is 2.43. The van der Waals surface area contributed by atoms with Gasteiger partial charge in [-0.15, -0.1) is 6.58 Å². The number of likely N-dealkylation sites (N-methyl/N-ethyl adjacent to an activating group) is 1. The molecule has 0 bridgehead atoms. The molecular formula is C23H23N3O5. The standard InChI is InChI=1S/C23H23N3O5/c1-5-7-18-10-17(11-19(14-24)23(27)25(2)3)13-21(30-4)22(18)31-15-16-8-6-9-20(12-16)26(28)29/h5-6,8-13H,1,7,15H2,2-4H3/b19-11-. The van der Waals surface area contributed by atoms with Gasteiger partial charge < -0.3 is 14.4 Å². The smallest absolute Gasteiger partial charge is 0.269 e. The molecule has 0 atom stereocenters. The molecule has 0 heterocycles. The number of hydrogen-bond acceptors (Lipinski definition) is 6. The SMILES string of the molecule is C=CCc1cc(/C=C(/C#N)C(=O)N(C)C)cc(OC)c1OCc1cccc([N+](=O)[O-])c1. The number of nitrogens with zero attached hydrogens (tertiary/aromatic N) is 3. The van der Waals surface area contributed by atoms with Crippen LogP contribution < -0.4 is 9.47 Å². The molecule has 0 spiro atoms. The molecule has 0 saturated carbocycles. The normalized spacial score (nSPS) is 10.7. The highest BCUT2D eigenvalue weighted by Gasteiger charge is 2.16. The fourth-order valence-corrected chi connectivity index (χ4v) is 2.85. The zero-order chi connectivity index (χ0) is 23.0. The van der Waals surface area contributed by atoms with Gasteiger partial charge >= 0.3 is 0 Å². The Morgan fingerprint density at radius 2 is 2.06 bits per heavy atom. The van der Waals surface area contributed by atoms with Crippen LogP contribution in [0.5, 0.6) is 11.5 Å². The maximum absolute atomic E-state index is 12.2. The third kappa shape index (κ3) is 5.93. The van der Waals surface area contributed by atoms with Crippen molar-refractivity contribution < 1.29 is 19.2 Å². The minimum Gasteiger partial charge on any atom is -0.493 e. The van der Waals surface area contributed by atoms with E-state index in [1.165, 1.54) is 30.2 Å². The predicted octanol–water partition coefficient (Wildman–Crippen LogP) is 3.91. The molecule has 2 aromatic carbocycles. The Morgan fingerprint density at radius 1 is 1.32 bits per heavy atom. The number of carbonyl (C=O) groups is 1. The van der Waals surface area contributed by atoms with Crippen molar-refractivity contribution >= 4 is 17.7 Å². The second-order valence-corrected chi connectivity index (χ2v) is 6.79. The summed E-state index contributed by atoms with van der Waals surface area (Å²) in [5.74, 6) is 0.465. The number of non-ortho nitro benzene ring substituents is 1. The Morgan fingerprint density at radius 3 is 2.65 bits per heavy atom. The van der Waals surface area contributed by atoms with Gasteiger partial charge in [0.05, 0.1) is 12.0 Å². The van der Waals surface area contributed by atoms with E-state index >= 15 is 0 Å². The van der Waals surface area contributed by atoms with Crippen LogP contribution in [0.25, 0.3) is 6.08 Å². The average molecular weight is 421 g/mol. The van der Waals surface area contributed by atoms with Crippen LogP contribution in [0.1, 0.15) is 16.7 Å². The second kappa shape index (κ2) is 10.6. The molecule has 0 unspecified atom stereocenters. The highest BCUT2D eigenvalue weighted by Crippen LogP contribution is 2.35. The first-order valence-electron chi connectivity index (χ1n) is 9.32. The monoisotopic (exact) mass is 421 g/mol. The first-order chi connectivity index (χ1) is 14.8. The quantitative estimate of drug-likeness (QED) is 0.200. The van der Waals surface area contributed by atoms with E-state index in [1.54, 1.807) is 44.4 Å². The van der Waals surface area contributed by atoms with E-state index in [9.17, 15) is 20.2 Å². The molecule has 0 aliphatic heterocycles. The lowest BCUT2D eigenvalue weighted by Gasteiger charge is -2.16. The van der Waals surface area contributed by atoms with Crippen LogP contribution in [0, 0.1) is 21.4 Å². The molecule has 8 heteroatoms. The van der Waals surface area contributed by atoms with Crippen LogP contribution >= 0.6 is 0 Å². The third-order valence-corrected chi connectivity index (χ3v) is 4.31. The zero-order valence-electron chi connectivity index (χ0n) is 17.6. The number of benzene rings is 2. The molecule has 2 rings (SSSR count). The molecule has 2 aromatic rings. The highest BCUT2D eigenvalue weighted by atomic mass is 16.6. The van der Waals surface area contributed by atoms with Gasteiger partial charge in [0.25, 0.3) is 11.6 Å². The molecule has 0 aliphatic rings. The number of nitro groups is 1. The van der Waals surface area contributed by atoms with Crippen molar-refractivity contribution in [2.45, 2.75) is 13.0 Å². The van der Waals surface area contributed by atoms with Gasteiger partial charge in [0.2, 0.25) is 0 Å². The Kier molecular flexibility index (Phi) is 7.92. The molecular weight excluding hydrogens is 398 g/mol. The van der Waals surface area contributed by atoms with E-state index in [2.05, 4.69) is 6.58 Å². The van der Waals surface area contributed by atoms with Crippen LogP contribution in [0.15, 0.2) is 54.6 Å². The minimum atomic E-state index is -0.462.